The van der Waals surface area contributed by atoms with Crippen LogP contribution in [0.5, 0.6) is 5.75 Å². The van der Waals surface area contributed by atoms with Crippen molar-refractivity contribution in [3.8, 4) is 5.75 Å². The molecule has 2 aromatic carbocycles. The second-order valence-corrected chi connectivity index (χ2v) is 16.2. The van der Waals surface area contributed by atoms with Crippen LogP contribution in [0.2, 0.25) is 0 Å². The first-order chi connectivity index (χ1) is 26.9. The minimum Gasteiger partial charge on any atom is -0.406 e. The lowest BCUT2D eigenvalue weighted by atomic mass is 9.68. The second kappa shape index (κ2) is 12.9. The third-order valence-corrected chi connectivity index (χ3v) is 10.9. The summed E-state index contributed by atoms with van der Waals surface area (Å²) in [5.41, 5.74) is -5.96. The first-order valence-corrected chi connectivity index (χ1v) is 17.9. The molecule has 0 amide bonds. The van der Waals surface area contributed by atoms with Crippen LogP contribution in [0.3, 0.4) is 0 Å². The fraction of sp³-hybridized carbons (Fsp3) is 0.385. The average Bonchev–Trinajstić information content (AvgIpc) is 3.66. The number of Topliss-reactive ketones (excluding diaryl/α,β-unsaturated/α-hetero) is 2. The number of nitrogens with zero attached hydrogens (tertiary/aromatic N) is 3. The van der Waals surface area contributed by atoms with E-state index in [0.29, 0.717) is 10.4 Å². The van der Waals surface area contributed by atoms with Crippen LogP contribution in [0, 0.1) is 16.6 Å². The van der Waals surface area contributed by atoms with Gasteiger partial charge in [-0.2, -0.15) is 36.5 Å². The molecular formula is C39H32F10N6O3. The Hall–Kier alpha value is -5.62. The molecule has 2 aliphatic heterocycles. The molecule has 2 aromatic heterocycles. The maximum Gasteiger partial charge on any atom is 0.573 e. The van der Waals surface area contributed by atoms with Crippen molar-refractivity contribution in [1.29, 1.82) is 0 Å². The number of carbonyl (C=O) groups excluding carboxylic acids is 2. The number of hydrogen-bond donors (Lipinski definition) is 3. The number of ketones is 2. The lowest BCUT2D eigenvalue weighted by molar-refractivity contribution is -0.274. The third kappa shape index (κ3) is 6.80. The number of ether oxygens (including phenoxy) is 1. The van der Waals surface area contributed by atoms with Gasteiger partial charge < -0.3 is 15.4 Å². The minimum absolute atomic E-state index is 0.00324. The number of carbonyl (C=O) groups is 2. The monoisotopic (exact) mass is 822 g/mol. The molecule has 4 aromatic rings. The summed E-state index contributed by atoms with van der Waals surface area (Å²) >= 11 is 0. The van der Waals surface area contributed by atoms with Gasteiger partial charge in [0, 0.05) is 70.5 Å². The zero-order valence-electron chi connectivity index (χ0n) is 30.7. The summed E-state index contributed by atoms with van der Waals surface area (Å²) in [4.78, 5) is 28.0. The number of H-pyrrole nitrogens is 1. The van der Waals surface area contributed by atoms with E-state index in [0.717, 1.165) is 24.3 Å². The van der Waals surface area contributed by atoms with Gasteiger partial charge in [-0.1, -0.05) is 51.1 Å². The molecule has 3 atom stereocenters. The Labute approximate surface area is 322 Å². The molecule has 9 nitrogen and oxygen atoms in total. The molecule has 58 heavy (non-hydrogen) atoms. The Bertz CT molecular complexity index is 2460. The largest absolute Gasteiger partial charge is 0.573 e. The smallest absolute Gasteiger partial charge is 0.406 e. The van der Waals surface area contributed by atoms with E-state index in [1.807, 2.05) is 18.9 Å². The molecule has 19 heteroatoms. The van der Waals surface area contributed by atoms with E-state index < -0.39 is 100.0 Å². The number of anilines is 2. The van der Waals surface area contributed by atoms with Crippen LogP contribution in [-0.4, -0.2) is 37.9 Å². The number of halogens is 10. The van der Waals surface area contributed by atoms with Gasteiger partial charge in [0.05, 0.1) is 0 Å². The lowest BCUT2D eigenvalue weighted by Gasteiger charge is -2.40. The summed E-state index contributed by atoms with van der Waals surface area (Å²) < 4.78 is 149. The van der Waals surface area contributed by atoms with E-state index in [-0.39, 0.29) is 58.9 Å². The quantitative estimate of drug-likeness (QED) is 0.172. The Kier molecular flexibility index (Phi) is 8.75. The van der Waals surface area contributed by atoms with Crippen molar-refractivity contribution >= 4 is 23.2 Å². The fourth-order valence-electron chi connectivity index (χ4n) is 8.95. The Balaban J connectivity index is 1.23. The number of alkyl halides is 9. The number of rotatable bonds is 5. The molecule has 0 radical (unpaired) electrons. The van der Waals surface area contributed by atoms with Gasteiger partial charge in [-0.25, -0.2) is 4.39 Å². The highest BCUT2D eigenvalue weighted by atomic mass is 19.4. The molecule has 0 saturated heterocycles. The lowest BCUT2D eigenvalue weighted by Crippen LogP contribution is -2.38. The van der Waals surface area contributed by atoms with Crippen molar-refractivity contribution in [2.45, 2.75) is 83.6 Å². The predicted octanol–water partition coefficient (Wildman–Crippen LogP) is 9.76. The van der Waals surface area contributed by atoms with Crippen LogP contribution in [0.1, 0.15) is 91.9 Å². The number of hydrogen-bond acceptors (Lipinski definition) is 7. The van der Waals surface area contributed by atoms with Crippen LogP contribution in [-0.2, 0) is 28.5 Å². The second-order valence-electron chi connectivity index (χ2n) is 16.2. The molecule has 4 heterocycles. The number of benzene rings is 2. The number of fused-ring (bicyclic) bond motifs is 2. The molecule has 0 saturated carbocycles. The maximum atomic E-state index is 15.6. The summed E-state index contributed by atoms with van der Waals surface area (Å²) in [6.07, 6.45) is -15.8. The number of nitrogens with one attached hydrogen (secondary N) is 3. The van der Waals surface area contributed by atoms with E-state index in [4.69, 9.17) is 0 Å². The van der Waals surface area contributed by atoms with E-state index in [1.54, 1.807) is 0 Å². The van der Waals surface area contributed by atoms with Crippen molar-refractivity contribution in [2.24, 2.45) is 10.8 Å². The highest BCUT2D eigenvalue weighted by Gasteiger charge is 2.52. The van der Waals surface area contributed by atoms with Crippen molar-refractivity contribution in [3.63, 3.8) is 0 Å². The molecular weight excluding hydrogens is 790 g/mol. The Morgan fingerprint density at radius 3 is 2.10 bits per heavy atom. The zero-order chi connectivity index (χ0) is 41.9. The third-order valence-electron chi connectivity index (χ3n) is 10.9. The predicted molar refractivity (Wildman–Crippen MR) is 186 cm³/mol. The molecule has 0 bridgehead atoms. The molecule has 3 unspecified atom stereocenters. The summed E-state index contributed by atoms with van der Waals surface area (Å²) in [7, 11) is 0. The first kappa shape index (κ1) is 39.2. The number of aromatic nitrogens is 4. The summed E-state index contributed by atoms with van der Waals surface area (Å²) in [6, 6.07) is 9.34. The molecule has 8 rings (SSSR count). The number of aromatic amines is 1. The van der Waals surface area contributed by atoms with Gasteiger partial charge in [0.2, 0.25) is 0 Å². The van der Waals surface area contributed by atoms with Gasteiger partial charge in [-0.15, -0.1) is 13.2 Å². The van der Waals surface area contributed by atoms with Crippen LogP contribution in [0.25, 0.3) is 0 Å². The highest BCUT2D eigenvalue weighted by Crippen LogP contribution is 2.55. The molecule has 2 aliphatic carbocycles. The standard InChI is InChI=1S/C39H32F10N6O3/c1-35(2)12-21-28(23(56)14-35)26(19-9-4-5-10-20(19)40)30-32(38(44,45)46)55(54-34(30)51-21)16-36(3)13-22-27(24(57)15-36)25(17-7-6-8-18(11-17)58-39(47,48)49)29-31(37(41,42)43)52-53-33(29)50-22/h4-11,25-26H,12-16H2,1-3H3,(H,51,54)(H2,50,52,53). The fourth-order valence-corrected chi connectivity index (χ4v) is 8.95. The van der Waals surface area contributed by atoms with E-state index in [1.165, 1.54) is 31.2 Å². The first-order valence-electron chi connectivity index (χ1n) is 17.9. The van der Waals surface area contributed by atoms with Crippen LogP contribution >= 0.6 is 0 Å². The van der Waals surface area contributed by atoms with E-state index in [2.05, 4.69) is 25.6 Å². The van der Waals surface area contributed by atoms with Crippen molar-refractivity contribution in [1.82, 2.24) is 20.0 Å². The van der Waals surface area contributed by atoms with Gasteiger partial charge in [0.25, 0.3) is 0 Å². The molecule has 0 spiro atoms. The van der Waals surface area contributed by atoms with E-state index >= 15 is 17.6 Å². The Morgan fingerprint density at radius 2 is 1.43 bits per heavy atom. The SMILES string of the molecule is CC1(C)CC(=O)C2=C(C1)Nc1nn(CC3(C)CC(=O)C4=C(C3)Nc3n[nH]c(C(F)(F)F)c3C4c3cccc(OC(F)(F)F)c3)c(C(F)(F)F)c1C2c1ccccc1F. The molecule has 0 fully saturated rings. The van der Waals surface area contributed by atoms with Crippen LogP contribution < -0.4 is 15.4 Å². The average molecular weight is 823 g/mol. The van der Waals surface area contributed by atoms with Gasteiger partial charge in [0.15, 0.2) is 23.2 Å². The summed E-state index contributed by atoms with van der Waals surface area (Å²) in [5.74, 6) is -6.59. The summed E-state index contributed by atoms with van der Waals surface area (Å²) in [5, 5.41) is 15.7. The zero-order valence-corrected chi connectivity index (χ0v) is 30.7. The van der Waals surface area contributed by atoms with Crippen molar-refractivity contribution in [2.75, 3.05) is 10.6 Å². The van der Waals surface area contributed by atoms with Gasteiger partial charge >= 0.3 is 18.7 Å². The topological polar surface area (TPSA) is 114 Å². The normalized spacial score (nSPS) is 23.1. The Morgan fingerprint density at radius 1 is 0.776 bits per heavy atom. The van der Waals surface area contributed by atoms with Crippen molar-refractivity contribution < 1.29 is 58.2 Å². The van der Waals surface area contributed by atoms with Gasteiger partial charge in [-0.05, 0) is 47.4 Å². The van der Waals surface area contributed by atoms with Gasteiger partial charge in [0.1, 0.15) is 23.0 Å². The number of allylic oxidation sites excluding steroid dienone is 4. The van der Waals surface area contributed by atoms with E-state index in [9.17, 15) is 35.9 Å². The van der Waals surface area contributed by atoms with Gasteiger partial charge in [-0.3, -0.25) is 19.4 Å². The van der Waals surface area contributed by atoms with Crippen LogP contribution in [0.4, 0.5) is 55.5 Å². The molecule has 4 aliphatic rings. The maximum absolute atomic E-state index is 15.6. The summed E-state index contributed by atoms with van der Waals surface area (Å²) in [6.45, 7) is 4.54. The van der Waals surface area contributed by atoms with Crippen LogP contribution in [0.15, 0.2) is 71.1 Å². The highest BCUT2D eigenvalue weighted by molar-refractivity contribution is 6.02. The van der Waals surface area contributed by atoms with Crippen molar-refractivity contribution in [3.05, 3.63) is 111 Å². The molecule has 306 valence electrons. The molecule has 3 N–H and O–H groups in total. The minimum atomic E-state index is -5.15.